The molecule has 2 amide bonds. The average Bonchev–Trinajstić information content (AvgIpc) is 2.28. The Labute approximate surface area is 115 Å². The Hall–Kier alpha value is -1.26. The Morgan fingerprint density at radius 1 is 1.32 bits per heavy atom. The topological polar surface area (TPSA) is 69.6 Å². The number of nitrogens with one attached hydrogen (secondary N) is 1. The Balaban J connectivity index is 2.60. The number of rotatable bonds is 5. The van der Waals surface area contributed by atoms with E-state index in [1.807, 2.05) is 6.92 Å². The van der Waals surface area contributed by atoms with Crippen molar-refractivity contribution in [1.82, 2.24) is 10.2 Å². The summed E-state index contributed by atoms with van der Waals surface area (Å²) < 4.78 is 0. The average molecular weight is 270 g/mol. The lowest BCUT2D eigenvalue weighted by Crippen LogP contribution is -2.54. The summed E-state index contributed by atoms with van der Waals surface area (Å²) in [5, 5.41) is 11.9. The van der Waals surface area contributed by atoms with Gasteiger partial charge < -0.3 is 15.3 Å². The summed E-state index contributed by atoms with van der Waals surface area (Å²) in [6, 6.07) is -0.421. The van der Waals surface area contributed by atoms with Gasteiger partial charge in [0.25, 0.3) is 0 Å². The second-order valence-corrected chi connectivity index (χ2v) is 5.78. The predicted octanol–water partition coefficient (Wildman–Crippen LogP) is 2.60. The highest BCUT2D eigenvalue weighted by molar-refractivity contribution is 5.76. The fraction of sp³-hybridized carbons (Fsp3) is 0.857. The molecule has 19 heavy (non-hydrogen) atoms. The van der Waals surface area contributed by atoms with Crippen LogP contribution in [0.5, 0.6) is 0 Å². The van der Waals surface area contributed by atoms with Gasteiger partial charge in [-0.1, -0.05) is 19.3 Å². The minimum absolute atomic E-state index is 0.0159. The number of carboxylic acid groups (broad SMARTS) is 1. The standard InChI is InChI=1S/C14H26N2O3/c1-4-16(11(2)10-12(17)18)13(19)15-14(3)8-6-5-7-9-14/h11H,4-10H2,1-3H3,(H,15,19)(H,17,18). The molecule has 1 fully saturated rings. The van der Waals surface area contributed by atoms with Crippen LogP contribution in [0.2, 0.25) is 0 Å². The number of nitrogens with zero attached hydrogens (tertiary/aromatic N) is 1. The van der Waals surface area contributed by atoms with Gasteiger partial charge in [-0.05, 0) is 33.6 Å². The third-order valence-corrected chi connectivity index (χ3v) is 3.97. The first-order valence-corrected chi connectivity index (χ1v) is 7.18. The highest BCUT2D eigenvalue weighted by atomic mass is 16.4. The molecular formula is C14H26N2O3. The molecule has 2 N–H and O–H groups in total. The quantitative estimate of drug-likeness (QED) is 0.806. The molecule has 0 aromatic carbocycles. The van der Waals surface area contributed by atoms with Crippen LogP contribution in [0.1, 0.15) is 59.3 Å². The van der Waals surface area contributed by atoms with Crippen molar-refractivity contribution in [3.63, 3.8) is 0 Å². The van der Waals surface area contributed by atoms with Crippen LogP contribution in [0.3, 0.4) is 0 Å². The fourth-order valence-corrected chi connectivity index (χ4v) is 2.81. The van der Waals surface area contributed by atoms with Crippen molar-refractivity contribution in [3.8, 4) is 0 Å². The third-order valence-electron chi connectivity index (χ3n) is 3.97. The third kappa shape index (κ3) is 4.73. The highest BCUT2D eigenvalue weighted by Crippen LogP contribution is 2.27. The van der Waals surface area contributed by atoms with Gasteiger partial charge in [-0.2, -0.15) is 0 Å². The molecule has 0 spiro atoms. The number of hydrogen-bond acceptors (Lipinski definition) is 2. The van der Waals surface area contributed by atoms with Gasteiger partial charge in [0.2, 0.25) is 0 Å². The highest BCUT2D eigenvalue weighted by Gasteiger charge is 2.31. The zero-order valence-corrected chi connectivity index (χ0v) is 12.2. The maximum absolute atomic E-state index is 12.3. The van der Waals surface area contributed by atoms with Gasteiger partial charge in [0, 0.05) is 18.1 Å². The molecule has 1 rings (SSSR count). The maximum atomic E-state index is 12.3. The van der Waals surface area contributed by atoms with Crippen LogP contribution in [-0.2, 0) is 4.79 Å². The SMILES string of the molecule is CCN(C(=O)NC1(C)CCCCC1)C(C)CC(=O)O. The molecule has 1 unspecified atom stereocenters. The van der Waals surface area contributed by atoms with Gasteiger partial charge in [-0.25, -0.2) is 4.79 Å². The molecule has 0 heterocycles. The van der Waals surface area contributed by atoms with Crippen LogP contribution in [0.4, 0.5) is 4.79 Å². The first-order valence-electron chi connectivity index (χ1n) is 7.18. The molecule has 0 aromatic heterocycles. The van der Waals surface area contributed by atoms with Crippen molar-refractivity contribution in [2.24, 2.45) is 0 Å². The Morgan fingerprint density at radius 3 is 2.37 bits per heavy atom. The number of aliphatic carboxylic acids is 1. The molecule has 110 valence electrons. The maximum Gasteiger partial charge on any atom is 0.318 e. The number of hydrogen-bond donors (Lipinski definition) is 2. The largest absolute Gasteiger partial charge is 0.481 e. The van der Waals surface area contributed by atoms with Crippen molar-refractivity contribution in [3.05, 3.63) is 0 Å². The number of carbonyl (C=O) groups is 2. The van der Waals surface area contributed by atoms with Crippen molar-refractivity contribution in [1.29, 1.82) is 0 Å². The smallest absolute Gasteiger partial charge is 0.318 e. The van der Waals surface area contributed by atoms with Crippen molar-refractivity contribution in [2.75, 3.05) is 6.54 Å². The molecule has 0 aliphatic heterocycles. The molecule has 0 bridgehead atoms. The summed E-state index contributed by atoms with van der Waals surface area (Å²) >= 11 is 0. The van der Waals surface area contributed by atoms with E-state index in [4.69, 9.17) is 5.11 Å². The second-order valence-electron chi connectivity index (χ2n) is 5.78. The van der Waals surface area contributed by atoms with E-state index in [0.29, 0.717) is 6.54 Å². The lowest BCUT2D eigenvalue weighted by Gasteiger charge is -2.37. The Morgan fingerprint density at radius 2 is 1.89 bits per heavy atom. The number of carbonyl (C=O) groups excluding carboxylic acids is 1. The molecule has 5 heteroatoms. The molecule has 0 radical (unpaired) electrons. The van der Waals surface area contributed by atoms with Crippen LogP contribution >= 0.6 is 0 Å². The number of amides is 2. The normalized spacial score (nSPS) is 19.5. The van der Waals surface area contributed by atoms with Gasteiger partial charge in [0.15, 0.2) is 0 Å². The molecule has 1 saturated carbocycles. The van der Waals surface area contributed by atoms with Crippen LogP contribution in [0, 0.1) is 0 Å². The van der Waals surface area contributed by atoms with Crippen LogP contribution in [-0.4, -0.2) is 40.1 Å². The summed E-state index contributed by atoms with van der Waals surface area (Å²) in [4.78, 5) is 24.6. The monoisotopic (exact) mass is 270 g/mol. The van der Waals surface area contributed by atoms with Crippen LogP contribution in [0.15, 0.2) is 0 Å². The van der Waals surface area contributed by atoms with Gasteiger partial charge in [-0.3, -0.25) is 4.79 Å². The van der Waals surface area contributed by atoms with Gasteiger partial charge >= 0.3 is 12.0 Å². The van der Waals surface area contributed by atoms with E-state index in [1.165, 1.54) is 6.42 Å². The summed E-state index contributed by atoms with van der Waals surface area (Å²) in [6.07, 6.45) is 5.52. The predicted molar refractivity (Wildman–Crippen MR) is 74.1 cm³/mol. The zero-order valence-electron chi connectivity index (χ0n) is 12.2. The van der Waals surface area contributed by atoms with Gasteiger partial charge in [0.1, 0.15) is 0 Å². The summed E-state index contributed by atoms with van der Waals surface area (Å²) in [7, 11) is 0. The first kappa shape index (κ1) is 15.8. The van der Waals surface area contributed by atoms with E-state index < -0.39 is 5.97 Å². The Bertz CT molecular complexity index is 325. The lowest BCUT2D eigenvalue weighted by atomic mass is 9.83. The van der Waals surface area contributed by atoms with Crippen molar-refractivity contribution < 1.29 is 14.7 Å². The number of urea groups is 1. The van der Waals surface area contributed by atoms with Crippen molar-refractivity contribution in [2.45, 2.75) is 70.9 Å². The zero-order chi connectivity index (χ0) is 14.5. The minimum atomic E-state index is -0.873. The molecule has 1 aliphatic carbocycles. The van der Waals surface area contributed by atoms with E-state index in [0.717, 1.165) is 25.7 Å². The summed E-state index contributed by atoms with van der Waals surface area (Å²) in [5.41, 5.74) is -0.133. The van der Waals surface area contributed by atoms with E-state index >= 15 is 0 Å². The van der Waals surface area contributed by atoms with E-state index in [-0.39, 0.29) is 24.0 Å². The molecule has 1 aliphatic rings. The van der Waals surface area contributed by atoms with Crippen LogP contribution in [0.25, 0.3) is 0 Å². The first-order chi connectivity index (χ1) is 8.88. The van der Waals surface area contributed by atoms with Crippen LogP contribution < -0.4 is 5.32 Å². The van der Waals surface area contributed by atoms with Gasteiger partial charge in [-0.15, -0.1) is 0 Å². The molecular weight excluding hydrogens is 244 g/mol. The lowest BCUT2D eigenvalue weighted by molar-refractivity contribution is -0.138. The Kier molecular flexibility index (Phi) is 5.63. The van der Waals surface area contributed by atoms with Crippen molar-refractivity contribution >= 4 is 12.0 Å². The summed E-state index contributed by atoms with van der Waals surface area (Å²) in [5.74, 6) is -0.873. The van der Waals surface area contributed by atoms with E-state index in [2.05, 4.69) is 12.2 Å². The van der Waals surface area contributed by atoms with E-state index in [1.54, 1.807) is 11.8 Å². The summed E-state index contributed by atoms with van der Waals surface area (Å²) in [6.45, 7) is 6.26. The number of carboxylic acids is 1. The molecule has 5 nitrogen and oxygen atoms in total. The minimum Gasteiger partial charge on any atom is -0.481 e. The van der Waals surface area contributed by atoms with E-state index in [9.17, 15) is 9.59 Å². The molecule has 1 atom stereocenters. The molecule has 0 aromatic rings. The molecule has 0 saturated heterocycles. The second kappa shape index (κ2) is 6.78. The fourth-order valence-electron chi connectivity index (χ4n) is 2.81. The van der Waals surface area contributed by atoms with Gasteiger partial charge in [0.05, 0.1) is 6.42 Å².